The fraction of sp³-hybridized carbons (Fsp3) is 0.667. The molecule has 0 spiro atoms. The fourth-order valence-electron chi connectivity index (χ4n) is 1.29. The van der Waals surface area contributed by atoms with Crippen molar-refractivity contribution < 1.29 is 19.1 Å². The van der Waals surface area contributed by atoms with Crippen LogP contribution >= 0.6 is 0 Å². The van der Waals surface area contributed by atoms with Crippen molar-refractivity contribution in [3.05, 3.63) is 0 Å². The summed E-state index contributed by atoms with van der Waals surface area (Å²) in [6, 6.07) is 3.60. The Labute approximate surface area is 106 Å². The van der Waals surface area contributed by atoms with E-state index in [9.17, 15) is 9.59 Å². The highest BCUT2D eigenvalue weighted by atomic mass is 16.5. The molecular weight excluding hydrogens is 236 g/mol. The van der Waals surface area contributed by atoms with Gasteiger partial charge in [0, 0.05) is 0 Å². The maximum atomic E-state index is 11.3. The Morgan fingerprint density at radius 2 is 1.28 bits per heavy atom. The molecule has 0 aromatic rings. The van der Waals surface area contributed by atoms with Gasteiger partial charge in [0.25, 0.3) is 0 Å². The van der Waals surface area contributed by atoms with E-state index < -0.39 is 23.8 Å². The molecule has 0 bridgehead atoms. The lowest BCUT2D eigenvalue weighted by atomic mass is 9.97. The van der Waals surface area contributed by atoms with Crippen LogP contribution in [0.2, 0.25) is 0 Å². The predicted molar refractivity (Wildman–Crippen MR) is 60.7 cm³/mol. The van der Waals surface area contributed by atoms with Crippen molar-refractivity contribution in [3.63, 3.8) is 0 Å². The van der Waals surface area contributed by atoms with Crippen LogP contribution in [0.4, 0.5) is 0 Å². The average Bonchev–Trinajstić information content (AvgIpc) is 2.35. The molecule has 0 heterocycles. The van der Waals surface area contributed by atoms with E-state index >= 15 is 0 Å². The van der Waals surface area contributed by atoms with E-state index in [1.807, 2.05) is 0 Å². The quantitative estimate of drug-likeness (QED) is 0.630. The molecule has 0 rings (SSSR count). The van der Waals surface area contributed by atoms with Crippen molar-refractivity contribution >= 4 is 11.9 Å². The number of carbonyl (C=O) groups is 2. The highest BCUT2D eigenvalue weighted by Gasteiger charge is 2.25. The molecule has 0 aliphatic rings. The molecule has 0 aromatic carbocycles. The van der Waals surface area contributed by atoms with E-state index in [4.69, 9.17) is 20.0 Å². The molecule has 0 aromatic heterocycles. The molecule has 0 saturated heterocycles. The maximum absolute atomic E-state index is 11.3. The number of hydrogen-bond acceptors (Lipinski definition) is 6. The second-order valence-corrected chi connectivity index (χ2v) is 3.44. The summed E-state index contributed by atoms with van der Waals surface area (Å²) in [6.45, 7) is 3.67. The molecule has 0 saturated carbocycles. The first kappa shape index (κ1) is 15.9. The highest BCUT2D eigenvalue weighted by Crippen LogP contribution is 2.15. The molecule has 0 radical (unpaired) electrons. The van der Waals surface area contributed by atoms with Crippen LogP contribution in [0.15, 0.2) is 0 Å². The third-order valence-electron chi connectivity index (χ3n) is 2.20. The first-order valence-electron chi connectivity index (χ1n) is 5.73. The number of carbonyl (C=O) groups excluding carboxylic acids is 2. The van der Waals surface area contributed by atoms with Gasteiger partial charge in [-0.15, -0.1) is 0 Å². The van der Waals surface area contributed by atoms with Gasteiger partial charge in [-0.2, -0.15) is 10.5 Å². The Morgan fingerprint density at radius 3 is 1.50 bits per heavy atom. The van der Waals surface area contributed by atoms with E-state index in [-0.39, 0.29) is 26.1 Å². The van der Waals surface area contributed by atoms with Gasteiger partial charge < -0.3 is 9.47 Å². The van der Waals surface area contributed by atoms with Crippen molar-refractivity contribution in [2.24, 2.45) is 11.8 Å². The van der Waals surface area contributed by atoms with E-state index in [0.29, 0.717) is 0 Å². The largest absolute Gasteiger partial charge is 0.465 e. The van der Waals surface area contributed by atoms with Crippen LogP contribution in [0.3, 0.4) is 0 Å². The number of ether oxygens (including phenoxy) is 2. The fourth-order valence-corrected chi connectivity index (χ4v) is 1.29. The molecule has 18 heavy (non-hydrogen) atoms. The van der Waals surface area contributed by atoms with Gasteiger partial charge in [0.05, 0.1) is 25.4 Å². The van der Waals surface area contributed by atoms with Crippen molar-refractivity contribution in [1.82, 2.24) is 0 Å². The minimum atomic E-state index is -0.949. The number of nitrogens with zero attached hydrogens (tertiary/aromatic N) is 2. The monoisotopic (exact) mass is 252 g/mol. The number of esters is 2. The summed E-state index contributed by atoms with van der Waals surface area (Å²) in [5.41, 5.74) is 0. The molecular formula is C12H16N2O4. The van der Waals surface area contributed by atoms with Crippen molar-refractivity contribution in [1.29, 1.82) is 10.5 Å². The summed E-state index contributed by atoms with van der Waals surface area (Å²) in [4.78, 5) is 22.7. The summed E-state index contributed by atoms with van der Waals surface area (Å²) in [5, 5.41) is 17.6. The highest BCUT2D eigenvalue weighted by molar-refractivity contribution is 5.76. The molecule has 0 aliphatic heterocycles. The van der Waals surface area contributed by atoms with E-state index in [1.165, 1.54) is 0 Å². The lowest BCUT2D eigenvalue weighted by Gasteiger charge is -2.10. The molecule has 2 unspecified atom stereocenters. The van der Waals surface area contributed by atoms with Gasteiger partial charge in [-0.05, 0) is 26.7 Å². The molecule has 98 valence electrons. The van der Waals surface area contributed by atoms with E-state index in [1.54, 1.807) is 26.0 Å². The van der Waals surface area contributed by atoms with Gasteiger partial charge in [0.15, 0.2) is 0 Å². The molecule has 0 fully saturated rings. The number of nitriles is 2. The van der Waals surface area contributed by atoms with Gasteiger partial charge in [-0.1, -0.05) is 0 Å². The van der Waals surface area contributed by atoms with Gasteiger partial charge in [0.2, 0.25) is 0 Å². The van der Waals surface area contributed by atoms with Crippen molar-refractivity contribution in [2.45, 2.75) is 26.7 Å². The standard InChI is InChI=1S/C12H16N2O4/c1-3-17-11(15)9(7-13)5-6-10(8-14)12(16)18-4-2/h9-10H,3-6H2,1-2H3. The summed E-state index contributed by atoms with van der Waals surface area (Å²) in [6.07, 6.45) is 0.207. The van der Waals surface area contributed by atoms with Crippen molar-refractivity contribution in [3.8, 4) is 12.1 Å². The first-order chi connectivity index (χ1) is 8.60. The summed E-state index contributed by atoms with van der Waals surface area (Å²) in [5.74, 6) is -3.15. The summed E-state index contributed by atoms with van der Waals surface area (Å²) in [7, 11) is 0. The lowest BCUT2D eigenvalue weighted by Crippen LogP contribution is -2.21. The zero-order chi connectivity index (χ0) is 14.0. The van der Waals surface area contributed by atoms with Crippen molar-refractivity contribution in [2.75, 3.05) is 13.2 Å². The second kappa shape index (κ2) is 9.00. The van der Waals surface area contributed by atoms with Gasteiger partial charge in [-0.25, -0.2) is 0 Å². The molecule has 6 nitrogen and oxygen atoms in total. The smallest absolute Gasteiger partial charge is 0.323 e. The average molecular weight is 252 g/mol. The normalized spacial score (nSPS) is 12.7. The summed E-state index contributed by atoms with van der Waals surface area (Å²) < 4.78 is 9.42. The zero-order valence-corrected chi connectivity index (χ0v) is 10.5. The van der Waals surface area contributed by atoms with Crippen LogP contribution in [-0.4, -0.2) is 25.2 Å². The predicted octanol–water partition coefficient (Wildman–Crippen LogP) is 1.17. The van der Waals surface area contributed by atoms with Crippen LogP contribution in [0, 0.1) is 34.5 Å². The molecule has 2 atom stereocenters. The Morgan fingerprint density at radius 1 is 0.944 bits per heavy atom. The zero-order valence-electron chi connectivity index (χ0n) is 10.5. The SMILES string of the molecule is CCOC(=O)C(C#N)CCC(C#N)C(=O)OCC. The second-order valence-electron chi connectivity index (χ2n) is 3.44. The third kappa shape index (κ3) is 5.31. The maximum Gasteiger partial charge on any atom is 0.323 e. The topological polar surface area (TPSA) is 100 Å². The Hall–Kier alpha value is -2.08. The van der Waals surface area contributed by atoms with Gasteiger partial charge in [0.1, 0.15) is 11.8 Å². The van der Waals surface area contributed by atoms with Crippen LogP contribution in [-0.2, 0) is 19.1 Å². The molecule has 0 amide bonds. The lowest BCUT2D eigenvalue weighted by molar-refractivity contribution is -0.148. The van der Waals surface area contributed by atoms with E-state index in [2.05, 4.69) is 0 Å². The van der Waals surface area contributed by atoms with E-state index in [0.717, 1.165) is 0 Å². The number of hydrogen-bond donors (Lipinski definition) is 0. The Kier molecular flexibility index (Phi) is 7.96. The van der Waals surface area contributed by atoms with Gasteiger partial charge >= 0.3 is 11.9 Å². The van der Waals surface area contributed by atoms with Crippen LogP contribution in [0.5, 0.6) is 0 Å². The third-order valence-corrected chi connectivity index (χ3v) is 2.20. The van der Waals surface area contributed by atoms with Crippen LogP contribution in [0.1, 0.15) is 26.7 Å². The first-order valence-corrected chi connectivity index (χ1v) is 5.73. The van der Waals surface area contributed by atoms with Gasteiger partial charge in [-0.3, -0.25) is 9.59 Å². The number of rotatable bonds is 7. The Balaban J connectivity index is 4.35. The minimum absolute atomic E-state index is 0.104. The van der Waals surface area contributed by atoms with Crippen LogP contribution < -0.4 is 0 Å². The minimum Gasteiger partial charge on any atom is -0.465 e. The summed E-state index contributed by atoms with van der Waals surface area (Å²) >= 11 is 0. The molecule has 0 aliphatic carbocycles. The Bertz CT molecular complexity index is 331. The molecule has 0 N–H and O–H groups in total. The molecule has 6 heteroatoms. The van der Waals surface area contributed by atoms with Crippen LogP contribution in [0.25, 0.3) is 0 Å².